The Labute approximate surface area is 182 Å². The summed E-state index contributed by atoms with van der Waals surface area (Å²) >= 11 is 12.2. The number of carbonyl (C=O) groups excluding carboxylic acids is 1. The fourth-order valence-electron chi connectivity index (χ4n) is 4.25. The van der Waals surface area contributed by atoms with Gasteiger partial charge in [-0.15, -0.1) is 0 Å². The van der Waals surface area contributed by atoms with Crippen molar-refractivity contribution in [1.29, 1.82) is 0 Å². The molecule has 1 amide bonds. The molecule has 3 aliphatic rings. The van der Waals surface area contributed by atoms with Crippen LogP contribution in [0.25, 0.3) is 0 Å². The zero-order chi connectivity index (χ0) is 20.2. The Balaban J connectivity index is 1.30. The Morgan fingerprint density at radius 3 is 2.62 bits per heavy atom. The molecule has 2 saturated heterocycles. The Bertz CT molecular complexity index is 802. The molecule has 2 fully saturated rings. The molecule has 0 radical (unpaired) electrons. The molecule has 7 heteroatoms. The van der Waals surface area contributed by atoms with Crippen molar-refractivity contribution in [1.82, 2.24) is 15.1 Å². The highest BCUT2D eigenvalue weighted by atomic mass is 35.5. The van der Waals surface area contributed by atoms with Gasteiger partial charge < -0.3 is 15.1 Å². The first-order chi connectivity index (χ1) is 14.1. The van der Waals surface area contributed by atoms with Crippen molar-refractivity contribution in [3.63, 3.8) is 0 Å². The molecule has 0 bridgehead atoms. The minimum absolute atomic E-state index is 0.117. The van der Waals surface area contributed by atoms with E-state index >= 15 is 0 Å². The average molecular weight is 435 g/mol. The van der Waals surface area contributed by atoms with E-state index in [1.165, 1.54) is 5.57 Å². The maximum absolute atomic E-state index is 13.1. The number of piperazine rings is 2. The predicted molar refractivity (Wildman–Crippen MR) is 120 cm³/mol. The van der Waals surface area contributed by atoms with Crippen molar-refractivity contribution in [2.24, 2.45) is 0 Å². The molecule has 1 aliphatic carbocycles. The van der Waals surface area contributed by atoms with Crippen LogP contribution in [0.15, 0.2) is 42.0 Å². The lowest BCUT2D eigenvalue weighted by atomic mass is 10.1. The Kier molecular flexibility index (Phi) is 6.81. The summed E-state index contributed by atoms with van der Waals surface area (Å²) in [5.74, 6) is 0.219. The number of halogens is 2. The number of hydrogen-bond donors (Lipinski definition) is 1. The van der Waals surface area contributed by atoms with Crippen molar-refractivity contribution >= 4 is 34.8 Å². The molecule has 5 nitrogen and oxygen atoms in total. The van der Waals surface area contributed by atoms with E-state index in [1.54, 1.807) is 0 Å². The standard InChI is InChI=1S/C22H28Cl2N4O/c23-19-7-6-18(14-20(19)24)27-10-12-28(13-11-27)22(29)21-16-26(9-8-25-21)15-17-4-2-1-3-5-17/h2,4-7,14,21,25H,1,3,8-13,15-16H2. The van der Waals surface area contributed by atoms with Crippen LogP contribution in [-0.4, -0.2) is 74.1 Å². The van der Waals surface area contributed by atoms with E-state index in [-0.39, 0.29) is 11.9 Å². The molecule has 2 heterocycles. The zero-order valence-corrected chi connectivity index (χ0v) is 18.1. The van der Waals surface area contributed by atoms with Crippen LogP contribution in [0.5, 0.6) is 0 Å². The topological polar surface area (TPSA) is 38.8 Å². The highest BCUT2D eigenvalue weighted by Crippen LogP contribution is 2.27. The molecule has 0 spiro atoms. The van der Waals surface area contributed by atoms with E-state index in [0.717, 1.165) is 70.9 Å². The van der Waals surface area contributed by atoms with Crippen LogP contribution in [-0.2, 0) is 4.79 Å². The lowest BCUT2D eigenvalue weighted by molar-refractivity contribution is -0.134. The van der Waals surface area contributed by atoms with Gasteiger partial charge in [-0.3, -0.25) is 9.69 Å². The summed E-state index contributed by atoms with van der Waals surface area (Å²) in [7, 11) is 0. The number of nitrogens with zero attached hydrogens (tertiary/aromatic N) is 3. The van der Waals surface area contributed by atoms with E-state index in [1.807, 2.05) is 23.1 Å². The summed E-state index contributed by atoms with van der Waals surface area (Å²) < 4.78 is 0. The normalized spacial score (nSPS) is 23.2. The van der Waals surface area contributed by atoms with E-state index in [0.29, 0.717) is 10.0 Å². The monoisotopic (exact) mass is 434 g/mol. The molecule has 1 atom stereocenters. The molecular weight excluding hydrogens is 407 g/mol. The van der Waals surface area contributed by atoms with Gasteiger partial charge in [0.2, 0.25) is 5.91 Å². The zero-order valence-electron chi connectivity index (χ0n) is 16.6. The first kappa shape index (κ1) is 20.7. The van der Waals surface area contributed by atoms with Crippen LogP contribution in [0.1, 0.15) is 12.8 Å². The molecule has 2 aliphatic heterocycles. The SMILES string of the molecule is O=C(C1CN(CC2=CCCC=C2)CCN1)N1CCN(c2ccc(Cl)c(Cl)c2)CC1. The van der Waals surface area contributed by atoms with Gasteiger partial charge in [-0.05, 0) is 36.6 Å². The van der Waals surface area contributed by atoms with Gasteiger partial charge >= 0.3 is 0 Å². The van der Waals surface area contributed by atoms with Gasteiger partial charge in [-0.1, -0.05) is 41.4 Å². The number of nitrogens with one attached hydrogen (secondary N) is 1. The number of hydrogen-bond acceptors (Lipinski definition) is 4. The van der Waals surface area contributed by atoms with Crippen molar-refractivity contribution in [2.45, 2.75) is 18.9 Å². The van der Waals surface area contributed by atoms with Gasteiger partial charge in [-0.2, -0.15) is 0 Å². The quantitative estimate of drug-likeness (QED) is 0.789. The van der Waals surface area contributed by atoms with E-state index in [4.69, 9.17) is 23.2 Å². The number of carbonyl (C=O) groups is 1. The van der Waals surface area contributed by atoms with Crippen molar-refractivity contribution in [3.8, 4) is 0 Å². The fraction of sp³-hybridized carbons (Fsp3) is 0.500. The van der Waals surface area contributed by atoms with Crippen molar-refractivity contribution < 1.29 is 4.79 Å². The van der Waals surface area contributed by atoms with Gasteiger partial charge in [-0.25, -0.2) is 0 Å². The van der Waals surface area contributed by atoms with Gasteiger partial charge in [0.05, 0.1) is 16.1 Å². The maximum Gasteiger partial charge on any atom is 0.241 e. The van der Waals surface area contributed by atoms with Crippen molar-refractivity contribution in [3.05, 3.63) is 52.0 Å². The Morgan fingerprint density at radius 2 is 1.90 bits per heavy atom. The molecule has 29 heavy (non-hydrogen) atoms. The molecule has 0 aromatic heterocycles. The van der Waals surface area contributed by atoms with Crippen LogP contribution >= 0.6 is 23.2 Å². The summed E-state index contributed by atoms with van der Waals surface area (Å²) in [6.45, 7) is 6.62. The average Bonchev–Trinajstić information content (AvgIpc) is 2.76. The van der Waals surface area contributed by atoms with Crippen LogP contribution in [0.2, 0.25) is 10.0 Å². The highest BCUT2D eigenvalue weighted by molar-refractivity contribution is 6.42. The van der Waals surface area contributed by atoms with Gasteiger partial charge in [0.25, 0.3) is 0 Å². The first-order valence-electron chi connectivity index (χ1n) is 10.4. The summed E-state index contributed by atoms with van der Waals surface area (Å²) in [5, 5.41) is 4.56. The second-order valence-corrected chi connectivity index (χ2v) is 8.73. The number of amides is 1. The summed E-state index contributed by atoms with van der Waals surface area (Å²) in [6.07, 6.45) is 9.06. The molecule has 1 unspecified atom stereocenters. The van der Waals surface area contributed by atoms with Gasteiger partial charge in [0, 0.05) is 58.0 Å². The molecule has 1 aromatic rings. The maximum atomic E-state index is 13.1. The van der Waals surface area contributed by atoms with Crippen molar-refractivity contribution in [2.75, 3.05) is 57.3 Å². The molecule has 1 N–H and O–H groups in total. The van der Waals surface area contributed by atoms with Gasteiger partial charge in [0.15, 0.2) is 0 Å². The third kappa shape index (κ3) is 5.15. The smallest absolute Gasteiger partial charge is 0.241 e. The molecule has 4 rings (SSSR count). The molecular formula is C22H28Cl2N4O. The lowest BCUT2D eigenvalue weighted by Gasteiger charge is -2.40. The molecule has 1 aromatic carbocycles. The third-order valence-corrected chi connectivity index (χ3v) is 6.63. The first-order valence-corrected chi connectivity index (χ1v) is 11.2. The summed E-state index contributed by atoms with van der Waals surface area (Å²) in [5.41, 5.74) is 2.43. The largest absolute Gasteiger partial charge is 0.368 e. The number of rotatable bonds is 4. The van der Waals surface area contributed by atoms with Crippen LogP contribution in [0.4, 0.5) is 5.69 Å². The number of benzene rings is 1. The minimum atomic E-state index is -0.117. The molecule has 156 valence electrons. The number of anilines is 1. The highest BCUT2D eigenvalue weighted by Gasteiger charge is 2.31. The summed E-state index contributed by atoms with van der Waals surface area (Å²) in [6, 6.07) is 5.60. The Hall–Kier alpha value is -1.53. The number of allylic oxidation sites excluding steroid dienone is 2. The second-order valence-electron chi connectivity index (χ2n) is 7.91. The lowest BCUT2D eigenvalue weighted by Crippen LogP contribution is -2.60. The van der Waals surface area contributed by atoms with Crippen LogP contribution in [0.3, 0.4) is 0 Å². The second kappa shape index (κ2) is 9.52. The van der Waals surface area contributed by atoms with E-state index in [9.17, 15) is 4.79 Å². The van der Waals surface area contributed by atoms with Crippen LogP contribution in [0, 0.1) is 0 Å². The fourth-order valence-corrected chi connectivity index (χ4v) is 4.54. The van der Waals surface area contributed by atoms with Crippen LogP contribution < -0.4 is 10.2 Å². The van der Waals surface area contributed by atoms with E-state index < -0.39 is 0 Å². The minimum Gasteiger partial charge on any atom is -0.368 e. The predicted octanol–water partition coefficient (Wildman–Crippen LogP) is 3.19. The van der Waals surface area contributed by atoms with E-state index in [2.05, 4.69) is 33.3 Å². The summed E-state index contributed by atoms with van der Waals surface area (Å²) in [4.78, 5) is 19.7. The third-order valence-electron chi connectivity index (χ3n) is 5.90. The Morgan fingerprint density at radius 1 is 1.07 bits per heavy atom. The molecule has 0 saturated carbocycles. The van der Waals surface area contributed by atoms with Gasteiger partial charge in [0.1, 0.15) is 0 Å².